The van der Waals surface area contributed by atoms with Crippen molar-refractivity contribution < 1.29 is 14.4 Å². The Morgan fingerprint density at radius 3 is 2.39 bits per heavy atom. The van der Waals surface area contributed by atoms with E-state index in [-0.39, 0.29) is 11.5 Å². The Morgan fingerprint density at radius 1 is 1.09 bits per heavy atom. The van der Waals surface area contributed by atoms with Crippen molar-refractivity contribution in [3.8, 4) is 11.1 Å². The van der Waals surface area contributed by atoms with Crippen molar-refractivity contribution in [3.63, 3.8) is 0 Å². The van der Waals surface area contributed by atoms with E-state index in [2.05, 4.69) is 15.1 Å². The summed E-state index contributed by atoms with van der Waals surface area (Å²) in [4.78, 5) is 37.4. The Kier molecular flexibility index (Phi) is 3.61. The third kappa shape index (κ3) is 2.80. The molecular weight excluding hydrogens is 296 g/mol. The smallest absolute Gasteiger partial charge is 0.319 e. The van der Waals surface area contributed by atoms with Gasteiger partial charge in [-0.1, -0.05) is 10.9 Å². The predicted molar refractivity (Wildman–Crippen MR) is 82.8 cm³/mol. The quantitative estimate of drug-likeness (QED) is 0.687. The topological polar surface area (TPSA) is 87.0 Å². The molecule has 116 valence electrons. The molecule has 0 aliphatic rings. The summed E-state index contributed by atoms with van der Waals surface area (Å²) in [5.41, 5.74) is 2.47. The Hall–Kier alpha value is -3.09. The van der Waals surface area contributed by atoms with Crippen molar-refractivity contribution in [2.75, 3.05) is 0 Å². The number of carbonyl (C=O) groups is 2. The molecule has 0 fully saturated rings. The van der Waals surface area contributed by atoms with Gasteiger partial charge in [-0.2, -0.15) is 0 Å². The highest BCUT2D eigenvalue weighted by Gasteiger charge is 2.17. The molecule has 2 aromatic heterocycles. The monoisotopic (exact) mass is 310 g/mol. The molecule has 2 heterocycles. The molecule has 0 atom stereocenters. The van der Waals surface area contributed by atoms with E-state index < -0.39 is 5.97 Å². The molecule has 0 spiro atoms. The first-order valence-electron chi connectivity index (χ1n) is 6.97. The zero-order valence-electron chi connectivity index (χ0n) is 12.9. The first-order valence-corrected chi connectivity index (χ1v) is 6.97. The first kappa shape index (κ1) is 14.8. The minimum absolute atomic E-state index is 0.210. The Balaban J connectivity index is 2.18. The van der Waals surface area contributed by atoms with Gasteiger partial charge in [0.15, 0.2) is 5.78 Å². The van der Waals surface area contributed by atoms with Gasteiger partial charge in [-0.05, 0) is 24.6 Å². The summed E-state index contributed by atoms with van der Waals surface area (Å²) in [7, 11) is 0. The van der Waals surface area contributed by atoms with Gasteiger partial charge in [0.05, 0.1) is 0 Å². The molecule has 0 aliphatic carbocycles. The number of nitrogens with zero attached hydrogens (tertiary/aromatic N) is 4. The number of carbonyl (C=O) groups excluding carboxylic acids is 2. The number of Topliss-reactive ketones (excluding diaryl/α,β-unsaturated/α-hetero) is 1. The van der Waals surface area contributed by atoms with Crippen LogP contribution in [-0.4, -0.2) is 31.7 Å². The van der Waals surface area contributed by atoms with Gasteiger partial charge in [0.1, 0.15) is 17.0 Å². The Labute approximate surface area is 131 Å². The lowest BCUT2D eigenvalue weighted by Crippen LogP contribution is -2.18. The molecule has 0 N–H and O–H groups in total. The predicted octanol–water partition coefficient (Wildman–Crippen LogP) is 1.98. The fraction of sp³-hybridized carbons (Fsp3) is 0.188. The van der Waals surface area contributed by atoms with Crippen LogP contribution in [0.15, 0.2) is 30.6 Å². The van der Waals surface area contributed by atoms with Crippen molar-refractivity contribution >= 4 is 22.7 Å². The highest BCUT2D eigenvalue weighted by Crippen LogP contribution is 2.26. The van der Waals surface area contributed by atoms with E-state index in [9.17, 15) is 9.59 Å². The molecule has 0 saturated carbocycles. The number of hydrogen-bond donors (Lipinski definition) is 0. The number of hydrogen-bond acceptors (Lipinski definition) is 6. The van der Waals surface area contributed by atoms with Crippen LogP contribution < -0.4 is 4.84 Å². The maximum Gasteiger partial charge on any atom is 0.331 e. The van der Waals surface area contributed by atoms with Gasteiger partial charge in [0.25, 0.3) is 0 Å². The average Bonchev–Trinajstić information content (AvgIpc) is 2.85. The van der Waals surface area contributed by atoms with Crippen molar-refractivity contribution in [2.24, 2.45) is 0 Å². The molecule has 0 saturated heterocycles. The summed E-state index contributed by atoms with van der Waals surface area (Å²) < 4.78 is 0. The molecule has 1 aromatic carbocycles. The molecule has 7 heteroatoms. The summed E-state index contributed by atoms with van der Waals surface area (Å²) in [5.74, 6) is -0.0411. The molecule has 7 nitrogen and oxygen atoms in total. The second-order valence-corrected chi connectivity index (χ2v) is 5.11. The van der Waals surface area contributed by atoms with Gasteiger partial charge in [-0.25, -0.2) is 14.8 Å². The van der Waals surface area contributed by atoms with Crippen molar-refractivity contribution in [3.05, 3.63) is 42.1 Å². The largest absolute Gasteiger partial charge is 0.331 e. The van der Waals surface area contributed by atoms with Gasteiger partial charge >= 0.3 is 5.97 Å². The molecule has 3 aromatic rings. The first-order chi connectivity index (χ1) is 11.0. The minimum Gasteiger partial charge on any atom is -0.319 e. The van der Waals surface area contributed by atoms with Crippen LogP contribution in [0.4, 0.5) is 0 Å². The number of aryl methyl sites for hydroxylation is 1. The Morgan fingerprint density at radius 2 is 1.78 bits per heavy atom. The van der Waals surface area contributed by atoms with Crippen LogP contribution in [0, 0.1) is 6.92 Å². The number of aromatic nitrogens is 4. The van der Waals surface area contributed by atoms with Gasteiger partial charge in [0, 0.05) is 37.2 Å². The highest BCUT2D eigenvalue weighted by molar-refractivity contribution is 6.05. The van der Waals surface area contributed by atoms with E-state index in [0.717, 1.165) is 16.0 Å². The molecule has 0 amide bonds. The van der Waals surface area contributed by atoms with E-state index >= 15 is 0 Å². The van der Waals surface area contributed by atoms with Crippen molar-refractivity contribution in [1.29, 1.82) is 0 Å². The maximum absolute atomic E-state index is 11.8. The van der Waals surface area contributed by atoms with E-state index in [1.54, 1.807) is 18.5 Å². The minimum atomic E-state index is -0.513. The van der Waals surface area contributed by atoms with Crippen LogP contribution >= 0.6 is 0 Å². The number of fused-ring (bicyclic) bond motifs is 1. The zero-order valence-corrected chi connectivity index (χ0v) is 12.9. The third-order valence-electron chi connectivity index (χ3n) is 3.31. The van der Waals surface area contributed by atoms with Gasteiger partial charge < -0.3 is 4.84 Å². The lowest BCUT2D eigenvalue weighted by atomic mass is 10.0. The van der Waals surface area contributed by atoms with Crippen LogP contribution in [0.5, 0.6) is 0 Å². The maximum atomic E-state index is 11.8. The van der Waals surface area contributed by atoms with E-state index in [4.69, 9.17) is 4.84 Å². The summed E-state index contributed by atoms with van der Waals surface area (Å²) in [6.07, 6.45) is 3.43. The number of ketones is 1. The molecular formula is C16H14N4O3. The van der Waals surface area contributed by atoms with Crippen molar-refractivity contribution in [2.45, 2.75) is 20.8 Å². The average molecular weight is 310 g/mol. The van der Waals surface area contributed by atoms with E-state index in [0.29, 0.717) is 16.7 Å². The standard InChI is InChI=1S/C16H14N4O3/c1-9(21)16-14-6-12(13-7-17-10(2)18-8-13)4-5-15(14)20(19-16)23-11(3)22/h4-8H,1-3H3. The van der Waals surface area contributed by atoms with E-state index in [1.165, 1.54) is 13.8 Å². The van der Waals surface area contributed by atoms with Crippen LogP contribution in [0.25, 0.3) is 22.0 Å². The summed E-state index contributed by atoms with van der Waals surface area (Å²) in [5, 5.41) is 4.68. The number of benzene rings is 1. The molecule has 0 unspecified atom stereocenters. The number of rotatable bonds is 3. The van der Waals surface area contributed by atoms with Crippen LogP contribution in [0.2, 0.25) is 0 Å². The van der Waals surface area contributed by atoms with Gasteiger partial charge in [0.2, 0.25) is 0 Å². The van der Waals surface area contributed by atoms with Gasteiger partial charge in [-0.3, -0.25) is 4.79 Å². The van der Waals surface area contributed by atoms with E-state index in [1.807, 2.05) is 19.1 Å². The summed E-state index contributed by atoms with van der Waals surface area (Å²) >= 11 is 0. The van der Waals surface area contributed by atoms with Crippen LogP contribution in [0.3, 0.4) is 0 Å². The third-order valence-corrected chi connectivity index (χ3v) is 3.31. The fourth-order valence-electron chi connectivity index (χ4n) is 2.26. The van der Waals surface area contributed by atoms with Crippen LogP contribution in [0.1, 0.15) is 30.2 Å². The summed E-state index contributed by atoms with van der Waals surface area (Å²) in [6, 6.07) is 5.39. The highest BCUT2D eigenvalue weighted by atomic mass is 16.7. The molecule has 0 aliphatic heterocycles. The lowest BCUT2D eigenvalue weighted by Gasteiger charge is -2.03. The second kappa shape index (κ2) is 5.60. The Bertz CT molecular complexity index is 913. The molecule has 0 radical (unpaired) electrons. The molecule has 3 rings (SSSR count). The van der Waals surface area contributed by atoms with Gasteiger partial charge in [-0.15, -0.1) is 5.10 Å². The molecule has 23 heavy (non-hydrogen) atoms. The SMILES string of the molecule is CC(=O)On1nc(C(C)=O)c2cc(-c3cnc(C)nc3)ccc21. The normalized spacial score (nSPS) is 10.7. The zero-order chi connectivity index (χ0) is 16.6. The van der Waals surface area contributed by atoms with Crippen LogP contribution in [-0.2, 0) is 4.79 Å². The fourth-order valence-corrected chi connectivity index (χ4v) is 2.26. The molecule has 0 bridgehead atoms. The summed E-state index contributed by atoms with van der Waals surface area (Å²) in [6.45, 7) is 4.50. The lowest BCUT2D eigenvalue weighted by molar-refractivity contribution is -0.142. The second-order valence-electron chi connectivity index (χ2n) is 5.11. The van der Waals surface area contributed by atoms with Crippen molar-refractivity contribution in [1.82, 2.24) is 19.9 Å².